The Labute approximate surface area is 441 Å². The number of carbonyl (C=O) groups excluding carboxylic acids is 2. The van der Waals surface area contributed by atoms with Crippen molar-refractivity contribution in [2.75, 3.05) is 26.4 Å². The zero-order chi connectivity index (χ0) is 52.4. The molecular formula is C62H104NO8P. The second kappa shape index (κ2) is 56.7. The minimum atomic E-state index is -4.39. The van der Waals surface area contributed by atoms with E-state index in [0.717, 1.165) is 128 Å². The lowest BCUT2D eigenvalue weighted by molar-refractivity contribution is -0.161. The van der Waals surface area contributed by atoms with Crippen LogP contribution in [-0.2, 0) is 32.7 Å². The largest absolute Gasteiger partial charge is 0.472 e. The lowest BCUT2D eigenvalue weighted by Crippen LogP contribution is -2.29. The molecule has 0 aliphatic heterocycles. The number of esters is 2. The second-order valence-electron chi connectivity index (χ2n) is 18.4. The number of phosphoric ester groups is 1. The van der Waals surface area contributed by atoms with Crippen molar-refractivity contribution < 1.29 is 37.6 Å². The molecule has 0 saturated carbocycles. The fourth-order valence-corrected chi connectivity index (χ4v) is 8.15. The SMILES string of the molecule is CC/C=C\C/C=C\C/C=C\C/C=C\C/C=C\C/C=C\C/C=C\C/C=C\C/C=C\CCCCCCCCCCCCCC(=O)OC(COC(=O)CCCCCCC/C=C\CCCCC)COP(=O)(O)OCCN. The predicted octanol–water partition coefficient (Wildman–Crippen LogP) is 18.0. The van der Waals surface area contributed by atoms with Crippen LogP contribution in [0.3, 0.4) is 0 Å². The summed E-state index contributed by atoms with van der Waals surface area (Å²) in [7, 11) is -4.39. The Morgan fingerprint density at radius 1 is 0.431 bits per heavy atom. The first kappa shape index (κ1) is 68.4. The first-order valence-electron chi connectivity index (χ1n) is 28.5. The summed E-state index contributed by atoms with van der Waals surface area (Å²) < 4.78 is 32.9. The van der Waals surface area contributed by atoms with Crippen LogP contribution in [0.4, 0.5) is 0 Å². The normalized spacial score (nSPS) is 14.0. The maximum absolute atomic E-state index is 12.7. The van der Waals surface area contributed by atoms with Crippen molar-refractivity contribution in [3.63, 3.8) is 0 Å². The molecule has 0 spiro atoms. The summed E-state index contributed by atoms with van der Waals surface area (Å²) >= 11 is 0. The molecule has 0 saturated heterocycles. The molecule has 72 heavy (non-hydrogen) atoms. The molecule has 0 bridgehead atoms. The summed E-state index contributed by atoms with van der Waals surface area (Å²) in [6.07, 6.45) is 78.4. The van der Waals surface area contributed by atoms with Crippen LogP contribution in [0.1, 0.15) is 226 Å². The highest BCUT2D eigenvalue weighted by atomic mass is 31.2. The van der Waals surface area contributed by atoms with E-state index in [0.29, 0.717) is 6.42 Å². The maximum Gasteiger partial charge on any atom is 0.472 e. The fourth-order valence-electron chi connectivity index (χ4n) is 7.39. The molecule has 2 atom stereocenters. The van der Waals surface area contributed by atoms with Crippen molar-refractivity contribution in [3.8, 4) is 0 Å². The van der Waals surface area contributed by atoms with Crippen molar-refractivity contribution in [2.24, 2.45) is 5.73 Å². The highest BCUT2D eigenvalue weighted by Crippen LogP contribution is 2.43. The van der Waals surface area contributed by atoms with Gasteiger partial charge in [-0.1, -0.05) is 225 Å². The standard InChI is InChI=1S/C62H104NO8P/c1-3-5-7-9-11-13-15-17-18-19-20-21-22-23-24-25-26-27-28-29-30-31-32-33-34-35-36-37-38-39-40-41-42-43-45-47-49-51-53-55-62(65)71-60(59-70-72(66,67)69-57-56-63)58-68-61(64)54-52-50-48-46-44-16-14-12-10-8-6-4-2/h5,7,11-14,17-18,20-21,23-24,26-27,29-30,32-33,35-36,60H,3-4,6,8-10,15-16,19,22,25,28,31,34,37-59,63H2,1-2H3,(H,66,67)/b7-5-,13-11-,14-12-,18-17-,21-20-,24-23-,27-26-,30-29-,33-32-,36-35-. The van der Waals surface area contributed by atoms with Gasteiger partial charge in [0, 0.05) is 19.4 Å². The Morgan fingerprint density at radius 2 is 0.764 bits per heavy atom. The van der Waals surface area contributed by atoms with E-state index < -0.39 is 32.5 Å². The van der Waals surface area contributed by atoms with Crippen LogP contribution in [0.2, 0.25) is 0 Å². The van der Waals surface area contributed by atoms with E-state index >= 15 is 0 Å². The molecule has 0 aromatic carbocycles. The summed E-state index contributed by atoms with van der Waals surface area (Å²) in [4.78, 5) is 35.0. The van der Waals surface area contributed by atoms with Gasteiger partial charge >= 0.3 is 19.8 Å². The number of phosphoric acid groups is 1. The number of ether oxygens (including phenoxy) is 2. The molecule has 0 fully saturated rings. The van der Waals surface area contributed by atoms with Crippen LogP contribution in [-0.4, -0.2) is 49.3 Å². The van der Waals surface area contributed by atoms with E-state index in [1.165, 1.54) is 64.2 Å². The molecule has 0 aliphatic carbocycles. The fraction of sp³-hybridized carbons (Fsp3) is 0.645. The van der Waals surface area contributed by atoms with Gasteiger partial charge in [-0.2, -0.15) is 0 Å². The van der Waals surface area contributed by atoms with Crippen LogP contribution in [0.5, 0.6) is 0 Å². The summed E-state index contributed by atoms with van der Waals surface area (Å²) in [6, 6.07) is 0. The number of rotatable bonds is 52. The highest BCUT2D eigenvalue weighted by Gasteiger charge is 2.26. The topological polar surface area (TPSA) is 134 Å². The Hall–Kier alpha value is -3.59. The lowest BCUT2D eigenvalue weighted by atomic mass is 10.0. The minimum Gasteiger partial charge on any atom is -0.462 e. The predicted molar refractivity (Wildman–Crippen MR) is 307 cm³/mol. The molecule has 9 nitrogen and oxygen atoms in total. The number of allylic oxidation sites excluding steroid dienone is 20. The van der Waals surface area contributed by atoms with Gasteiger partial charge in [-0.05, 0) is 109 Å². The third-order valence-corrected chi connectivity index (χ3v) is 12.6. The van der Waals surface area contributed by atoms with Crippen molar-refractivity contribution in [2.45, 2.75) is 232 Å². The van der Waals surface area contributed by atoms with Crippen LogP contribution < -0.4 is 5.73 Å². The highest BCUT2D eigenvalue weighted by molar-refractivity contribution is 7.47. The molecule has 0 heterocycles. The molecule has 2 unspecified atom stereocenters. The van der Waals surface area contributed by atoms with Gasteiger partial charge in [0.15, 0.2) is 6.10 Å². The number of nitrogens with two attached hydrogens (primary N) is 1. The number of unbranched alkanes of at least 4 members (excludes halogenated alkanes) is 19. The van der Waals surface area contributed by atoms with E-state index in [2.05, 4.69) is 135 Å². The average molecular weight is 1020 g/mol. The average Bonchev–Trinajstić information content (AvgIpc) is 3.37. The molecule has 0 aliphatic rings. The van der Waals surface area contributed by atoms with E-state index in [1.54, 1.807) is 0 Å². The quantitative estimate of drug-likeness (QED) is 0.0264. The molecule has 0 rings (SSSR count). The lowest BCUT2D eigenvalue weighted by Gasteiger charge is -2.19. The van der Waals surface area contributed by atoms with E-state index in [-0.39, 0.29) is 32.6 Å². The Balaban J connectivity index is 3.93. The smallest absolute Gasteiger partial charge is 0.462 e. The molecular weight excluding hydrogens is 918 g/mol. The molecule has 0 aromatic rings. The van der Waals surface area contributed by atoms with Gasteiger partial charge in [-0.15, -0.1) is 0 Å². The first-order chi connectivity index (χ1) is 35.3. The Morgan fingerprint density at radius 3 is 1.15 bits per heavy atom. The number of hydrogen-bond acceptors (Lipinski definition) is 8. The van der Waals surface area contributed by atoms with Gasteiger partial charge in [-0.25, -0.2) is 4.57 Å². The van der Waals surface area contributed by atoms with Gasteiger partial charge < -0.3 is 20.1 Å². The number of hydrogen-bond donors (Lipinski definition) is 2. The van der Waals surface area contributed by atoms with Gasteiger partial charge in [-0.3, -0.25) is 18.6 Å². The van der Waals surface area contributed by atoms with Gasteiger partial charge in [0.1, 0.15) is 6.61 Å². The minimum absolute atomic E-state index is 0.0471. The third kappa shape index (κ3) is 55.7. The summed E-state index contributed by atoms with van der Waals surface area (Å²) in [5.41, 5.74) is 5.37. The molecule has 10 heteroatoms. The summed E-state index contributed by atoms with van der Waals surface area (Å²) in [5.74, 6) is -0.848. The first-order valence-corrected chi connectivity index (χ1v) is 30.0. The molecule has 0 amide bonds. The van der Waals surface area contributed by atoms with Crippen LogP contribution in [0.15, 0.2) is 122 Å². The van der Waals surface area contributed by atoms with E-state index in [9.17, 15) is 19.0 Å². The molecule has 3 N–H and O–H groups in total. The van der Waals surface area contributed by atoms with Crippen molar-refractivity contribution in [3.05, 3.63) is 122 Å². The zero-order valence-electron chi connectivity index (χ0n) is 45.6. The Bertz CT molecular complexity index is 1590. The van der Waals surface area contributed by atoms with Crippen LogP contribution in [0, 0.1) is 0 Å². The van der Waals surface area contributed by atoms with Crippen LogP contribution in [0.25, 0.3) is 0 Å². The van der Waals surface area contributed by atoms with Crippen molar-refractivity contribution >= 4 is 19.8 Å². The zero-order valence-corrected chi connectivity index (χ0v) is 46.5. The monoisotopic (exact) mass is 1020 g/mol. The number of carbonyl (C=O) groups is 2. The summed E-state index contributed by atoms with van der Waals surface area (Å²) in [5, 5.41) is 0. The van der Waals surface area contributed by atoms with E-state index in [1.807, 2.05) is 0 Å². The van der Waals surface area contributed by atoms with Gasteiger partial charge in [0.2, 0.25) is 0 Å². The summed E-state index contributed by atoms with van der Waals surface area (Å²) in [6.45, 7) is 3.57. The van der Waals surface area contributed by atoms with Crippen LogP contribution >= 0.6 is 7.82 Å². The van der Waals surface area contributed by atoms with Gasteiger partial charge in [0.25, 0.3) is 0 Å². The maximum atomic E-state index is 12.7. The third-order valence-electron chi connectivity index (χ3n) is 11.6. The second-order valence-corrected chi connectivity index (χ2v) is 19.9. The molecule has 0 radical (unpaired) electrons. The Kier molecular flexibility index (Phi) is 53.9. The van der Waals surface area contributed by atoms with Crippen molar-refractivity contribution in [1.29, 1.82) is 0 Å². The van der Waals surface area contributed by atoms with Gasteiger partial charge in [0.05, 0.1) is 13.2 Å². The molecule has 410 valence electrons. The van der Waals surface area contributed by atoms with Crippen molar-refractivity contribution in [1.82, 2.24) is 0 Å². The van der Waals surface area contributed by atoms with E-state index in [4.69, 9.17) is 24.3 Å². The molecule has 0 aromatic heterocycles.